The molecule has 1 heterocycles. The highest BCUT2D eigenvalue weighted by molar-refractivity contribution is 5.66. The molecule has 0 radical (unpaired) electrons. The average molecular weight is 272 g/mol. The molecule has 0 aromatic heterocycles. The van der Waals surface area contributed by atoms with E-state index < -0.39 is 5.97 Å². The lowest BCUT2D eigenvalue weighted by Crippen LogP contribution is -2.34. The quantitative estimate of drug-likeness (QED) is 0.894. The number of hydrogen-bond donors (Lipinski definition) is 1. The number of aliphatic carboxylic acids is 1. The van der Waals surface area contributed by atoms with Crippen molar-refractivity contribution in [2.75, 3.05) is 18.0 Å². The van der Waals surface area contributed by atoms with E-state index in [2.05, 4.69) is 11.0 Å². The maximum absolute atomic E-state index is 10.5. The van der Waals surface area contributed by atoms with Crippen LogP contribution in [0.3, 0.4) is 0 Å². The zero-order valence-electron chi connectivity index (χ0n) is 11.6. The first-order chi connectivity index (χ1) is 9.70. The van der Waals surface area contributed by atoms with Crippen LogP contribution in [0.5, 0.6) is 0 Å². The fourth-order valence-electron chi connectivity index (χ4n) is 2.85. The summed E-state index contributed by atoms with van der Waals surface area (Å²) in [4.78, 5) is 12.8. The number of nitrogens with zero attached hydrogens (tertiary/aromatic N) is 2. The van der Waals surface area contributed by atoms with E-state index in [1.807, 2.05) is 24.3 Å². The highest BCUT2D eigenvalue weighted by atomic mass is 16.4. The Morgan fingerprint density at radius 1 is 1.35 bits per heavy atom. The van der Waals surface area contributed by atoms with Gasteiger partial charge in [-0.3, -0.25) is 4.79 Å². The van der Waals surface area contributed by atoms with Gasteiger partial charge in [0.2, 0.25) is 0 Å². The van der Waals surface area contributed by atoms with E-state index in [1.54, 1.807) is 0 Å². The zero-order valence-corrected chi connectivity index (χ0v) is 11.6. The number of piperidine rings is 1. The van der Waals surface area contributed by atoms with Gasteiger partial charge in [0.05, 0.1) is 11.3 Å². The second kappa shape index (κ2) is 6.95. The number of rotatable bonds is 5. The Hall–Kier alpha value is -2.02. The lowest BCUT2D eigenvalue weighted by molar-refractivity contribution is -0.137. The van der Waals surface area contributed by atoms with Crippen molar-refractivity contribution in [3.63, 3.8) is 0 Å². The number of benzene rings is 1. The molecule has 1 fully saturated rings. The second-order valence-electron chi connectivity index (χ2n) is 5.35. The summed E-state index contributed by atoms with van der Waals surface area (Å²) in [6, 6.07) is 9.96. The summed E-state index contributed by atoms with van der Waals surface area (Å²) in [6.45, 7) is 1.91. The summed E-state index contributed by atoms with van der Waals surface area (Å²) in [5.74, 6) is -0.0785. The smallest absolute Gasteiger partial charge is 0.303 e. The molecular formula is C16H20N2O2. The number of nitriles is 1. The van der Waals surface area contributed by atoms with Crippen LogP contribution >= 0.6 is 0 Å². The van der Waals surface area contributed by atoms with Gasteiger partial charge in [0.1, 0.15) is 6.07 Å². The third-order valence-electron chi connectivity index (χ3n) is 3.98. The number of para-hydroxylation sites is 1. The molecular weight excluding hydrogens is 252 g/mol. The van der Waals surface area contributed by atoms with Crippen molar-refractivity contribution < 1.29 is 9.90 Å². The number of hydrogen-bond acceptors (Lipinski definition) is 3. The van der Waals surface area contributed by atoms with Crippen molar-refractivity contribution in [1.82, 2.24) is 0 Å². The molecule has 4 heteroatoms. The van der Waals surface area contributed by atoms with Crippen molar-refractivity contribution in [1.29, 1.82) is 5.26 Å². The van der Waals surface area contributed by atoms with Crippen molar-refractivity contribution in [3.8, 4) is 6.07 Å². The predicted molar refractivity (Wildman–Crippen MR) is 77.6 cm³/mol. The largest absolute Gasteiger partial charge is 0.481 e. The van der Waals surface area contributed by atoms with Gasteiger partial charge in [0, 0.05) is 19.5 Å². The van der Waals surface area contributed by atoms with Gasteiger partial charge >= 0.3 is 5.97 Å². The molecule has 2 rings (SSSR count). The van der Waals surface area contributed by atoms with Crippen molar-refractivity contribution in [2.45, 2.75) is 32.1 Å². The van der Waals surface area contributed by atoms with E-state index >= 15 is 0 Å². The van der Waals surface area contributed by atoms with Gasteiger partial charge in [-0.2, -0.15) is 5.26 Å². The molecule has 1 saturated heterocycles. The standard InChI is InChI=1S/C16H20N2O2/c17-12-14-5-1-2-6-15(14)18-10-8-13(9-11-18)4-3-7-16(19)20/h1-2,5-6,13H,3-4,7-11H2,(H,19,20). The number of carboxylic acids is 1. The van der Waals surface area contributed by atoms with E-state index in [4.69, 9.17) is 10.4 Å². The SMILES string of the molecule is N#Cc1ccccc1N1CCC(CCCC(=O)O)CC1. The van der Waals surface area contributed by atoms with Crippen LogP contribution < -0.4 is 4.90 Å². The van der Waals surface area contributed by atoms with Gasteiger partial charge in [0.15, 0.2) is 0 Å². The molecule has 0 amide bonds. The highest BCUT2D eigenvalue weighted by Gasteiger charge is 2.20. The van der Waals surface area contributed by atoms with Crippen LogP contribution in [0, 0.1) is 17.2 Å². The first kappa shape index (κ1) is 14.4. The molecule has 4 nitrogen and oxygen atoms in total. The van der Waals surface area contributed by atoms with Gasteiger partial charge in [-0.05, 0) is 43.7 Å². The number of carboxylic acid groups (broad SMARTS) is 1. The summed E-state index contributed by atoms with van der Waals surface area (Å²) >= 11 is 0. The molecule has 0 atom stereocenters. The lowest BCUT2D eigenvalue weighted by Gasteiger charge is -2.34. The van der Waals surface area contributed by atoms with Crippen LogP contribution in [0.15, 0.2) is 24.3 Å². The summed E-state index contributed by atoms with van der Waals surface area (Å²) in [6.07, 6.45) is 4.21. The van der Waals surface area contributed by atoms with E-state index in [0.29, 0.717) is 5.92 Å². The van der Waals surface area contributed by atoms with Crippen molar-refractivity contribution in [3.05, 3.63) is 29.8 Å². The molecule has 1 aliphatic heterocycles. The highest BCUT2D eigenvalue weighted by Crippen LogP contribution is 2.28. The van der Waals surface area contributed by atoms with Gasteiger partial charge in [-0.15, -0.1) is 0 Å². The van der Waals surface area contributed by atoms with Gasteiger partial charge in [-0.25, -0.2) is 0 Å². The molecule has 0 bridgehead atoms. The number of anilines is 1. The summed E-state index contributed by atoms with van der Waals surface area (Å²) in [7, 11) is 0. The fourth-order valence-corrected chi connectivity index (χ4v) is 2.85. The maximum atomic E-state index is 10.5. The first-order valence-electron chi connectivity index (χ1n) is 7.16. The van der Waals surface area contributed by atoms with E-state index in [-0.39, 0.29) is 6.42 Å². The maximum Gasteiger partial charge on any atom is 0.303 e. The third kappa shape index (κ3) is 3.74. The molecule has 1 N–H and O–H groups in total. The monoisotopic (exact) mass is 272 g/mol. The number of carbonyl (C=O) groups is 1. The predicted octanol–water partition coefficient (Wildman–Crippen LogP) is 3.03. The molecule has 0 unspecified atom stereocenters. The molecule has 106 valence electrons. The van der Waals surface area contributed by atoms with E-state index in [9.17, 15) is 4.79 Å². The first-order valence-corrected chi connectivity index (χ1v) is 7.16. The minimum absolute atomic E-state index is 0.275. The van der Waals surface area contributed by atoms with Gasteiger partial charge in [-0.1, -0.05) is 12.1 Å². The molecule has 0 saturated carbocycles. The van der Waals surface area contributed by atoms with Crippen LogP contribution in [0.4, 0.5) is 5.69 Å². The molecule has 0 aliphatic carbocycles. The minimum atomic E-state index is -0.703. The minimum Gasteiger partial charge on any atom is -0.481 e. The lowest BCUT2D eigenvalue weighted by atomic mass is 9.91. The second-order valence-corrected chi connectivity index (χ2v) is 5.35. The van der Waals surface area contributed by atoms with Gasteiger partial charge < -0.3 is 10.0 Å². The Morgan fingerprint density at radius 2 is 2.05 bits per heavy atom. The van der Waals surface area contributed by atoms with Crippen molar-refractivity contribution in [2.24, 2.45) is 5.92 Å². The summed E-state index contributed by atoms with van der Waals surface area (Å²) in [5, 5.41) is 17.8. The van der Waals surface area contributed by atoms with Crippen LogP contribution in [0.2, 0.25) is 0 Å². The molecule has 1 aromatic carbocycles. The Kier molecular flexibility index (Phi) is 5.00. The van der Waals surface area contributed by atoms with Crippen LogP contribution in [0.1, 0.15) is 37.7 Å². The Morgan fingerprint density at radius 3 is 2.70 bits per heavy atom. The Bertz CT molecular complexity index is 499. The third-order valence-corrected chi connectivity index (χ3v) is 3.98. The summed E-state index contributed by atoms with van der Waals surface area (Å²) in [5.41, 5.74) is 1.76. The van der Waals surface area contributed by atoms with E-state index in [0.717, 1.165) is 50.0 Å². The normalized spacial score (nSPS) is 15.8. The molecule has 20 heavy (non-hydrogen) atoms. The average Bonchev–Trinajstić information content (AvgIpc) is 2.47. The molecule has 1 aromatic rings. The van der Waals surface area contributed by atoms with Crippen LogP contribution in [0.25, 0.3) is 0 Å². The zero-order chi connectivity index (χ0) is 14.4. The summed E-state index contributed by atoms with van der Waals surface area (Å²) < 4.78 is 0. The van der Waals surface area contributed by atoms with E-state index in [1.165, 1.54) is 0 Å². The van der Waals surface area contributed by atoms with Crippen LogP contribution in [-0.2, 0) is 4.79 Å². The van der Waals surface area contributed by atoms with Gasteiger partial charge in [0.25, 0.3) is 0 Å². The molecule has 1 aliphatic rings. The Labute approximate surface area is 119 Å². The fraction of sp³-hybridized carbons (Fsp3) is 0.500. The van der Waals surface area contributed by atoms with Crippen molar-refractivity contribution >= 4 is 11.7 Å². The Balaban J connectivity index is 1.85. The topological polar surface area (TPSA) is 64.3 Å². The molecule has 0 spiro atoms. The van der Waals surface area contributed by atoms with Crippen LogP contribution in [-0.4, -0.2) is 24.2 Å².